The minimum Gasteiger partial charge on any atom is -0.453 e. The summed E-state index contributed by atoms with van der Waals surface area (Å²) in [6.07, 6.45) is 1.81. The van der Waals surface area contributed by atoms with E-state index in [1.165, 1.54) is 0 Å². The van der Waals surface area contributed by atoms with Crippen molar-refractivity contribution in [3.8, 4) is 0 Å². The van der Waals surface area contributed by atoms with Crippen LogP contribution in [0.15, 0.2) is 6.20 Å². The first kappa shape index (κ1) is 7.76. The molecule has 0 fully saturated rings. The third kappa shape index (κ3) is 1.13. The monoisotopic (exact) mass is 166 g/mol. The summed E-state index contributed by atoms with van der Waals surface area (Å²) in [5.74, 6) is 0.762. The molecule has 0 saturated carbocycles. The van der Waals surface area contributed by atoms with Crippen molar-refractivity contribution < 1.29 is 5.11 Å². The van der Waals surface area contributed by atoms with Crippen LogP contribution in [0.3, 0.4) is 0 Å². The fourth-order valence-corrected chi connectivity index (χ4v) is 1.53. The molecule has 0 radical (unpaired) electrons. The van der Waals surface area contributed by atoms with E-state index in [1.54, 1.807) is 0 Å². The highest BCUT2D eigenvalue weighted by molar-refractivity contribution is 5.07. The van der Waals surface area contributed by atoms with Crippen LogP contribution >= 0.6 is 0 Å². The number of imidazole rings is 1. The van der Waals surface area contributed by atoms with Crippen LogP contribution in [0.1, 0.15) is 11.5 Å². The second kappa shape index (κ2) is 2.88. The van der Waals surface area contributed by atoms with Crippen molar-refractivity contribution in [1.29, 1.82) is 0 Å². The lowest BCUT2D eigenvalue weighted by Gasteiger charge is -2.31. The maximum absolute atomic E-state index is 8.94. The molecule has 0 atom stereocenters. The molecule has 2 heterocycles. The van der Waals surface area contributed by atoms with Gasteiger partial charge in [-0.05, 0) is 6.54 Å². The molecule has 0 amide bonds. The zero-order valence-corrected chi connectivity index (χ0v) is 6.90. The van der Waals surface area contributed by atoms with Gasteiger partial charge in [0.05, 0.1) is 0 Å². The zero-order valence-electron chi connectivity index (χ0n) is 6.90. The fourth-order valence-electron chi connectivity index (χ4n) is 1.53. The van der Waals surface area contributed by atoms with Gasteiger partial charge in [0, 0.05) is 25.0 Å². The van der Waals surface area contributed by atoms with Gasteiger partial charge in [0.2, 0.25) is 0 Å². The summed E-state index contributed by atoms with van der Waals surface area (Å²) in [5, 5.41) is 8.94. The Morgan fingerprint density at radius 2 is 2.42 bits per heavy atom. The van der Waals surface area contributed by atoms with E-state index >= 15 is 0 Å². The molecule has 1 aliphatic rings. The highest BCUT2D eigenvalue weighted by atomic mass is 16.3. The second-order valence-corrected chi connectivity index (χ2v) is 3.03. The Hall–Kier alpha value is -0.870. The van der Waals surface area contributed by atoms with Crippen molar-refractivity contribution in [3.63, 3.8) is 0 Å². The molecule has 0 aromatic carbocycles. The zero-order chi connectivity index (χ0) is 8.55. The average Bonchev–Trinajstić information content (AvgIpc) is 2.46. The van der Waals surface area contributed by atoms with Crippen LogP contribution in [-0.2, 0) is 19.7 Å². The summed E-state index contributed by atoms with van der Waals surface area (Å²) in [7, 11) is 3.86. The van der Waals surface area contributed by atoms with Crippen LogP contribution in [-0.4, -0.2) is 26.1 Å². The summed E-state index contributed by atoms with van der Waals surface area (Å²) >= 11 is 0. The fraction of sp³-hybridized carbons (Fsp3) is 0.500. The number of hydrogen-bond donors (Lipinski definition) is 1. The number of hydrogen-bond acceptors (Lipinski definition) is 3. The molecule has 4 heteroatoms. The Labute approximate surface area is 71.4 Å². The van der Waals surface area contributed by atoms with E-state index in [-0.39, 0.29) is 6.61 Å². The maximum atomic E-state index is 8.94. The lowest BCUT2D eigenvalue weighted by atomic mass is 10.3. The van der Waals surface area contributed by atoms with Gasteiger partial charge in [-0.15, -0.1) is 0 Å². The van der Waals surface area contributed by atoms with Crippen LogP contribution in [0.5, 0.6) is 0 Å². The van der Waals surface area contributed by atoms with Gasteiger partial charge in [0.25, 0.3) is 0 Å². The van der Waals surface area contributed by atoms with Crippen molar-refractivity contribution in [2.45, 2.75) is 19.7 Å². The van der Waals surface area contributed by atoms with Crippen molar-refractivity contribution >= 4 is 0 Å². The van der Waals surface area contributed by atoms with E-state index in [0.29, 0.717) is 0 Å². The van der Waals surface area contributed by atoms with E-state index < -0.39 is 0 Å². The van der Waals surface area contributed by atoms with Gasteiger partial charge >= 0.3 is 0 Å². The topological polar surface area (TPSA) is 41.3 Å². The molecule has 0 bridgehead atoms. The maximum Gasteiger partial charge on any atom is 0.134 e. The smallest absolute Gasteiger partial charge is 0.134 e. The van der Waals surface area contributed by atoms with Crippen molar-refractivity contribution in [1.82, 2.24) is 14.5 Å². The number of aromatic nitrogens is 2. The molecule has 1 N–H and O–H groups in total. The molecule has 1 aromatic rings. The van der Waals surface area contributed by atoms with Gasteiger partial charge in [-0.3, -0.25) is 7.05 Å². The van der Waals surface area contributed by atoms with Crippen LogP contribution in [0.25, 0.3) is 0 Å². The van der Waals surface area contributed by atoms with Gasteiger partial charge in [0.1, 0.15) is 12.4 Å². The molecule has 0 unspecified atom stereocenters. The molecule has 4 nitrogen and oxygen atoms in total. The summed E-state index contributed by atoms with van der Waals surface area (Å²) in [5.41, 5.74) is 1.14. The number of aliphatic hydroxyl groups is 1. The number of aliphatic hydroxyl groups excluding tert-OH is 1. The highest BCUT2D eigenvalue weighted by Gasteiger charge is 2.13. The molecule has 0 spiro atoms. The number of rotatable bonds is 1. The molecule has 0 aliphatic carbocycles. The van der Waals surface area contributed by atoms with Crippen LogP contribution < -0.4 is 0 Å². The Balaban J connectivity index is 2.32. The first-order chi connectivity index (χ1) is 5.81. The molecule has 2 rings (SSSR count). The lowest BCUT2D eigenvalue weighted by molar-refractivity contribution is 0.248. The SMILES string of the molecule is [CH2-]N1CCn2c(cnc2CO)C1. The third-order valence-electron chi connectivity index (χ3n) is 2.19. The van der Waals surface area contributed by atoms with E-state index in [4.69, 9.17) is 5.11 Å². The predicted octanol–water partition coefficient (Wildman–Crippen LogP) is -0.0174. The Bertz CT molecular complexity index is 282. The van der Waals surface area contributed by atoms with Crippen LogP contribution in [0, 0.1) is 7.05 Å². The standard InChI is InChI=1S/C8H12N3O/c1-10-2-3-11-7(5-10)4-9-8(11)6-12/h4,12H,1-3,5-6H2/q-1. The lowest BCUT2D eigenvalue weighted by Crippen LogP contribution is -2.29. The second-order valence-electron chi connectivity index (χ2n) is 3.03. The molecule has 12 heavy (non-hydrogen) atoms. The highest BCUT2D eigenvalue weighted by Crippen LogP contribution is 2.13. The van der Waals surface area contributed by atoms with E-state index in [2.05, 4.69) is 16.6 Å². The summed E-state index contributed by atoms with van der Waals surface area (Å²) in [6, 6.07) is 0. The van der Waals surface area contributed by atoms with Crippen molar-refractivity contribution in [2.75, 3.05) is 6.54 Å². The normalized spacial score (nSPS) is 17.8. The van der Waals surface area contributed by atoms with Gasteiger partial charge in [-0.1, -0.05) is 0 Å². The molecular formula is C8H12N3O-. The molecule has 66 valence electrons. The Kier molecular flexibility index (Phi) is 1.86. The minimum atomic E-state index is 0.0249. The van der Waals surface area contributed by atoms with Crippen molar-refractivity contribution in [3.05, 3.63) is 24.8 Å². The van der Waals surface area contributed by atoms with Crippen LogP contribution in [0.4, 0.5) is 0 Å². The number of nitrogens with zero attached hydrogens (tertiary/aromatic N) is 3. The van der Waals surface area contributed by atoms with Gasteiger partial charge in [-0.2, -0.15) is 0 Å². The third-order valence-corrected chi connectivity index (χ3v) is 2.19. The summed E-state index contributed by atoms with van der Waals surface area (Å²) in [6.45, 7) is 2.66. The largest absolute Gasteiger partial charge is 0.453 e. The predicted molar refractivity (Wildman–Crippen MR) is 43.9 cm³/mol. The quantitative estimate of drug-likeness (QED) is 0.596. The number of fused-ring (bicyclic) bond motifs is 1. The minimum absolute atomic E-state index is 0.0249. The van der Waals surface area contributed by atoms with Crippen LogP contribution in [0.2, 0.25) is 0 Å². The molecule has 0 saturated heterocycles. The van der Waals surface area contributed by atoms with Crippen molar-refractivity contribution in [2.24, 2.45) is 0 Å². The summed E-state index contributed by atoms with van der Waals surface area (Å²) in [4.78, 5) is 6.11. The van der Waals surface area contributed by atoms with E-state index in [0.717, 1.165) is 31.2 Å². The molecule has 1 aliphatic heterocycles. The Morgan fingerprint density at radius 1 is 1.58 bits per heavy atom. The van der Waals surface area contributed by atoms with Gasteiger partial charge < -0.3 is 14.6 Å². The van der Waals surface area contributed by atoms with E-state index in [1.807, 2.05) is 11.1 Å². The Morgan fingerprint density at radius 3 is 3.17 bits per heavy atom. The average molecular weight is 166 g/mol. The first-order valence-electron chi connectivity index (χ1n) is 4.01. The molecule has 1 aromatic heterocycles. The van der Waals surface area contributed by atoms with Gasteiger partial charge in [-0.25, -0.2) is 4.98 Å². The van der Waals surface area contributed by atoms with Gasteiger partial charge in [0.15, 0.2) is 0 Å². The molecular weight excluding hydrogens is 154 g/mol. The summed E-state index contributed by atoms with van der Waals surface area (Å²) < 4.78 is 2.06. The first-order valence-corrected chi connectivity index (χ1v) is 4.01. The van der Waals surface area contributed by atoms with E-state index in [9.17, 15) is 0 Å².